The van der Waals surface area contributed by atoms with Gasteiger partial charge in [0, 0.05) is 25.4 Å². The van der Waals surface area contributed by atoms with Gasteiger partial charge in [0.25, 0.3) is 0 Å². The third-order valence-electron chi connectivity index (χ3n) is 1.58. The summed E-state index contributed by atoms with van der Waals surface area (Å²) < 4.78 is 5.05. The zero-order valence-electron chi connectivity index (χ0n) is 7.50. The molecule has 0 aliphatic rings. The molecule has 1 rings (SSSR count). The molecule has 1 aromatic heterocycles. The molecular weight excluding hydrogens is 152 g/mol. The summed E-state index contributed by atoms with van der Waals surface area (Å²) in [6.07, 6.45) is 3.59. The van der Waals surface area contributed by atoms with Gasteiger partial charge in [-0.1, -0.05) is 0 Å². The van der Waals surface area contributed by atoms with Crippen LogP contribution >= 0.6 is 0 Å². The molecule has 0 radical (unpaired) electrons. The highest BCUT2D eigenvalue weighted by molar-refractivity contribution is 5.48. The van der Waals surface area contributed by atoms with E-state index in [0.29, 0.717) is 6.61 Å². The fourth-order valence-corrected chi connectivity index (χ4v) is 1.05. The Morgan fingerprint density at radius 2 is 2.42 bits per heavy atom. The van der Waals surface area contributed by atoms with E-state index in [1.54, 1.807) is 13.3 Å². The summed E-state index contributed by atoms with van der Waals surface area (Å²) in [5.41, 5.74) is 2.20. The topological polar surface area (TPSA) is 34.2 Å². The summed E-state index contributed by atoms with van der Waals surface area (Å²) in [4.78, 5) is 4.03. The van der Waals surface area contributed by atoms with Crippen molar-refractivity contribution in [2.45, 2.75) is 13.5 Å². The Kier molecular flexibility index (Phi) is 3.54. The molecule has 0 aromatic carbocycles. The number of nitrogens with one attached hydrogen (secondary N) is 1. The Morgan fingerprint density at radius 3 is 3.08 bits per heavy atom. The molecule has 0 amide bonds. The lowest BCUT2D eigenvalue weighted by molar-refractivity contribution is 0.185. The maximum Gasteiger partial charge on any atom is 0.0734 e. The van der Waals surface area contributed by atoms with Crippen molar-refractivity contribution < 1.29 is 4.74 Å². The predicted molar refractivity (Wildman–Crippen MR) is 49.1 cm³/mol. The Morgan fingerprint density at radius 1 is 1.58 bits per heavy atom. The summed E-state index contributed by atoms with van der Waals surface area (Å²) >= 11 is 0. The van der Waals surface area contributed by atoms with Gasteiger partial charge in [0.1, 0.15) is 0 Å². The van der Waals surface area contributed by atoms with E-state index in [2.05, 4.69) is 17.2 Å². The maximum absolute atomic E-state index is 5.05. The largest absolute Gasteiger partial charge is 0.384 e. The number of aromatic nitrogens is 1. The van der Waals surface area contributed by atoms with Crippen LogP contribution in [0.15, 0.2) is 18.5 Å². The van der Waals surface area contributed by atoms with E-state index in [0.717, 1.165) is 17.8 Å². The molecule has 0 fully saturated rings. The number of nitrogens with zero attached hydrogens (tertiary/aromatic N) is 1. The Labute approximate surface area is 72.8 Å². The van der Waals surface area contributed by atoms with Crippen molar-refractivity contribution in [3.05, 3.63) is 24.0 Å². The summed E-state index contributed by atoms with van der Waals surface area (Å²) in [6, 6.07) is 1.96. The number of hydrogen-bond donors (Lipinski definition) is 1. The third kappa shape index (κ3) is 2.20. The van der Waals surface area contributed by atoms with Gasteiger partial charge in [-0.15, -0.1) is 0 Å². The number of rotatable bonds is 4. The predicted octanol–water partition coefficient (Wildman–Crippen LogP) is 1.66. The Balaban J connectivity index is 2.77. The summed E-state index contributed by atoms with van der Waals surface area (Å²) in [5, 5.41) is 3.22. The minimum Gasteiger partial charge on any atom is -0.384 e. The van der Waals surface area contributed by atoms with E-state index in [1.165, 1.54) is 0 Å². The van der Waals surface area contributed by atoms with Crippen molar-refractivity contribution in [1.82, 2.24) is 4.98 Å². The average molecular weight is 166 g/mol. The lowest BCUT2D eigenvalue weighted by atomic mass is 10.2. The number of ether oxygens (including phenoxy) is 1. The molecule has 0 atom stereocenters. The molecule has 0 spiro atoms. The van der Waals surface area contributed by atoms with Crippen LogP contribution in [0.4, 0.5) is 5.69 Å². The van der Waals surface area contributed by atoms with Gasteiger partial charge in [0.2, 0.25) is 0 Å². The van der Waals surface area contributed by atoms with Crippen LogP contribution in [0.25, 0.3) is 0 Å². The lowest BCUT2D eigenvalue weighted by Crippen LogP contribution is -2.01. The highest BCUT2D eigenvalue weighted by Crippen LogP contribution is 2.13. The van der Waals surface area contributed by atoms with Gasteiger partial charge in [-0.25, -0.2) is 0 Å². The molecule has 0 aliphatic carbocycles. The summed E-state index contributed by atoms with van der Waals surface area (Å²) in [5.74, 6) is 0. The number of pyridine rings is 1. The molecule has 3 nitrogen and oxygen atoms in total. The molecular formula is C9H14N2O. The molecule has 0 unspecified atom stereocenters. The van der Waals surface area contributed by atoms with Crippen LogP contribution in [0.2, 0.25) is 0 Å². The van der Waals surface area contributed by atoms with Crippen molar-refractivity contribution >= 4 is 5.69 Å². The molecule has 0 bridgehead atoms. The Hall–Kier alpha value is -1.09. The average Bonchev–Trinajstić information content (AvgIpc) is 2.09. The van der Waals surface area contributed by atoms with Crippen LogP contribution in [0.3, 0.4) is 0 Å². The summed E-state index contributed by atoms with van der Waals surface area (Å²) in [7, 11) is 1.69. The second-order valence-electron chi connectivity index (χ2n) is 2.50. The number of hydrogen-bond acceptors (Lipinski definition) is 3. The highest BCUT2D eigenvalue weighted by atomic mass is 16.5. The van der Waals surface area contributed by atoms with Gasteiger partial charge in [-0.3, -0.25) is 4.98 Å². The lowest BCUT2D eigenvalue weighted by Gasteiger charge is -2.08. The molecule has 1 N–H and O–H groups in total. The second kappa shape index (κ2) is 4.72. The quantitative estimate of drug-likeness (QED) is 0.738. The number of methoxy groups -OCH3 is 1. The van der Waals surface area contributed by atoms with E-state index in [1.807, 2.05) is 12.3 Å². The summed E-state index contributed by atoms with van der Waals surface area (Å²) in [6.45, 7) is 3.59. The van der Waals surface area contributed by atoms with E-state index < -0.39 is 0 Å². The van der Waals surface area contributed by atoms with Gasteiger partial charge in [0.15, 0.2) is 0 Å². The molecule has 0 saturated carbocycles. The monoisotopic (exact) mass is 166 g/mol. The van der Waals surface area contributed by atoms with Crippen LogP contribution in [-0.2, 0) is 11.3 Å². The van der Waals surface area contributed by atoms with Crippen LogP contribution in [0.5, 0.6) is 0 Å². The maximum atomic E-state index is 5.05. The Bertz CT molecular complexity index is 213. The van der Waals surface area contributed by atoms with Crippen molar-refractivity contribution in [2.75, 3.05) is 19.0 Å². The number of anilines is 1. The van der Waals surface area contributed by atoms with Crippen molar-refractivity contribution in [1.29, 1.82) is 0 Å². The van der Waals surface area contributed by atoms with E-state index >= 15 is 0 Å². The van der Waals surface area contributed by atoms with E-state index in [9.17, 15) is 0 Å². The van der Waals surface area contributed by atoms with Crippen LogP contribution in [-0.4, -0.2) is 18.6 Å². The first-order valence-corrected chi connectivity index (χ1v) is 4.04. The van der Waals surface area contributed by atoms with Gasteiger partial charge >= 0.3 is 0 Å². The minimum absolute atomic E-state index is 0.630. The van der Waals surface area contributed by atoms with Gasteiger partial charge in [0.05, 0.1) is 18.5 Å². The van der Waals surface area contributed by atoms with Crippen molar-refractivity contribution in [2.24, 2.45) is 0 Å². The van der Waals surface area contributed by atoms with Crippen LogP contribution in [0.1, 0.15) is 12.5 Å². The fraction of sp³-hybridized carbons (Fsp3) is 0.444. The molecule has 1 aromatic rings. The molecule has 3 heteroatoms. The van der Waals surface area contributed by atoms with Crippen LogP contribution < -0.4 is 5.32 Å². The standard InChI is InChI=1S/C9H14N2O/c1-3-11-9-6-10-5-4-8(9)7-12-2/h4-6,11H,3,7H2,1-2H3. The molecule has 1 heterocycles. The van der Waals surface area contributed by atoms with E-state index in [-0.39, 0.29) is 0 Å². The minimum atomic E-state index is 0.630. The first kappa shape index (κ1) is 9.00. The van der Waals surface area contributed by atoms with E-state index in [4.69, 9.17) is 4.74 Å². The first-order chi connectivity index (χ1) is 5.88. The second-order valence-corrected chi connectivity index (χ2v) is 2.50. The smallest absolute Gasteiger partial charge is 0.0734 e. The van der Waals surface area contributed by atoms with Gasteiger partial charge in [-0.2, -0.15) is 0 Å². The van der Waals surface area contributed by atoms with Crippen molar-refractivity contribution in [3.8, 4) is 0 Å². The first-order valence-electron chi connectivity index (χ1n) is 4.04. The van der Waals surface area contributed by atoms with Crippen LogP contribution in [0, 0.1) is 0 Å². The SMILES string of the molecule is CCNc1cnccc1COC. The van der Waals surface area contributed by atoms with Gasteiger partial charge in [-0.05, 0) is 13.0 Å². The fourth-order valence-electron chi connectivity index (χ4n) is 1.05. The van der Waals surface area contributed by atoms with Crippen molar-refractivity contribution in [3.63, 3.8) is 0 Å². The molecule has 0 aliphatic heterocycles. The highest BCUT2D eigenvalue weighted by Gasteiger charge is 1.98. The van der Waals surface area contributed by atoms with Gasteiger partial charge < -0.3 is 10.1 Å². The molecule has 12 heavy (non-hydrogen) atoms. The normalized spacial score (nSPS) is 9.83. The zero-order valence-corrected chi connectivity index (χ0v) is 7.50. The zero-order chi connectivity index (χ0) is 8.81. The molecule has 66 valence electrons. The molecule has 0 saturated heterocycles. The third-order valence-corrected chi connectivity index (χ3v) is 1.58.